The Morgan fingerprint density at radius 1 is 1.41 bits per heavy atom. The van der Waals surface area contributed by atoms with Gasteiger partial charge in [-0.05, 0) is 18.6 Å². The van der Waals surface area contributed by atoms with E-state index < -0.39 is 0 Å². The van der Waals surface area contributed by atoms with Crippen molar-refractivity contribution in [2.24, 2.45) is 0 Å². The van der Waals surface area contributed by atoms with Crippen molar-refractivity contribution in [1.82, 2.24) is 14.3 Å². The highest BCUT2D eigenvalue weighted by Crippen LogP contribution is 2.28. The molecule has 0 aliphatic carbocycles. The van der Waals surface area contributed by atoms with Crippen LogP contribution < -0.4 is 10.2 Å². The smallest absolute Gasteiger partial charge is 0.202 e. The van der Waals surface area contributed by atoms with E-state index >= 15 is 0 Å². The van der Waals surface area contributed by atoms with Gasteiger partial charge in [-0.1, -0.05) is 32.4 Å². The standard InChI is InChI=1S/C15H20ClN5S/c1-15(2,3)13-19-14(22-20-13)18-10-6-8-21(9-10)12-11(16)5-4-7-17-12/h4-5,7,10H,6,8-9H2,1-3H3,(H,18,19,20). The van der Waals surface area contributed by atoms with E-state index in [-0.39, 0.29) is 5.41 Å². The van der Waals surface area contributed by atoms with Gasteiger partial charge in [-0.25, -0.2) is 9.97 Å². The molecule has 1 aliphatic rings. The lowest BCUT2D eigenvalue weighted by atomic mass is 9.96. The molecule has 1 atom stereocenters. The quantitative estimate of drug-likeness (QED) is 0.927. The summed E-state index contributed by atoms with van der Waals surface area (Å²) in [6.45, 7) is 8.19. The second-order valence-electron chi connectivity index (χ2n) is 6.56. The first-order chi connectivity index (χ1) is 10.4. The fourth-order valence-electron chi connectivity index (χ4n) is 2.44. The molecule has 7 heteroatoms. The molecule has 1 unspecified atom stereocenters. The third kappa shape index (κ3) is 3.33. The average Bonchev–Trinajstić information content (AvgIpc) is 3.09. The minimum absolute atomic E-state index is 0.0143. The number of pyridine rings is 1. The summed E-state index contributed by atoms with van der Waals surface area (Å²) in [6, 6.07) is 4.08. The number of anilines is 2. The molecule has 1 N–H and O–H groups in total. The van der Waals surface area contributed by atoms with Gasteiger partial charge in [0.05, 0.1) is 5.02 Å². The third-order valence-corrected chi connectivity index (χ3v) is 4.59. The van der Waals surface area contributed by atoms with Crippen LogP contribution in [0.3, 0.4) is 0 Å². The van der Waals surface area contributed by atoms with Crippen LogP contribution in [0.25, 0.3) is 0 Å². The molecule has 2 aromatic heterocycles. The molecular formula is C15H20ClN5S. The zero-order chi connectivity index (χ0) is 15.7. The maximum atomic E-state index is 6.22. The van der Waals surface area contributed by atoms with E-state index in [1.165, 1.54) is 11.5 Å². The summed E-state index contributed by atoms with van der Waals surface area (Å²) < 4.78 is 4.44. The lowest BCUT2D eigenvalue weighted by molar-refractivity contribution is 0.555. The van der Waals surface area contributed by atoms with Crippen molar-refractivity contribution in [2.45, 2.75) is 38.6 Å². The molecule has 1 saturated heterocycles. The van der Waals surface area contributed by atoms with Gasteiger partial charge in [0.2, 0.25) is 5.13 Å². The van der Waals surface area contributed by atoms with Crippen molar-refractivity contribution in [3.63, 3.8) is 0 Å². The van der Waals surface area contributed by atoms with Gasteiger partial charge < -0.3 is 10.2 Å². The van der Waals surface area contributed by atoms with Gasteiger partial charge in [0.15, 0.2) is 0 Å². The van der Waals surface area contributed by atoms with Crippen LogP contribution in [0.2, 0.25) is 5.02 Å². The first-order valence-electron chi connectivity index (χ1n) is 7.39. The molecule has 0 radical (unpaired) electrons. The number of hydrogen-bond donors (Lipinski definition) is 1. The molecule has 3 rings (SSSR count). The Labute approximate surface area is 139 Å². The number of aromatic nitrogens is 3. The van der Waals surface area contributed by atoms with Crippen LogP contribution in [0, 0.1) is 0 Å². The van der Waals surface area contributed by atoms with Crippen LogP contribution in [0.5, 0.6) is 0 Å². The highest BCUT2D eigenvalue weighted by molar-refractivity contribution is 7.09. The minimum Gasteiger partial charge on any atom is -0.356 e. The molecule has 5 nitrogen and oxygen atoms in total. The number of hydrogen-bond acceptors (Lipinski definition) is 6. The van der Waals surface area contributed by atoms with Crippen LogP contribution in [-0.4, -0.2) is 33.5 Å². The number of nitrogens with one attached hydrogen (secondary N) is 1. The molecule has 22 heavy (non-hydrogen) atoms. The van der Waals surface area contributed by atoms with Gasteiger partial charge in [0.25, 0.3) is 0 Å². The predicted molar refractivity (Wildman–Crippen MR) is 92.1 cm³/mol. The summed E-state index contributed by atoms with van der Waals surface area (Å²) in [5.74, 6) is 1.75. The van der Waals surface area contributed by atoms with Gasteiger partial charge in [0.1, 0.15) is 11.6 Å². The molecule has 0 amide bonds. The van der Waals surface area contributed by atoms with E-state index in [4.69, 9.17) is 11.6 Å². The third-order valence-electron chi connectivity index (χ3n) is 3.65. The second kappa shape index (κ2) is 6.01. The van der Waals surface area contributed by atoms with Crippen molar-refractivity contribution in [3.05, 3.63) is 29.2 Å². The second-order valence-corrected chi connectivity index (χ2v) is 7.72. The van der Waals surface area contributed by atoms with E-state index in [0.717, 1.165) is 36.3 Å². The van der Waals surface area contributed by atoms with Crippen molar-refractivity contribution < 1.29 is 0 Å². The Hall–Kier alpha value is -1.40. The lowest BCUT2D eigenvalue weighted by Crippen LogP contribution is -2.26. The largest absolute Gasteiger partial charge is 0.356 e. The van der Waals surface area contributed by atoms with Crippen LogP contribution in [-0.2, 0) is 5.41 Å². The van der Waals surface area contributed by atoms with E-state index in [1.807, 2.05) is 12.1 Å². The number of nitrogens with zero attached hydrogens (tertiary/aromatic N) is 4. The van der Waals surface area contributed by atoms with Crippen LogP contribution in [0.1, 0.15) is 33.0 Å². The summed E-state index contributed by atoms with van der Waals surface area (Å²) in [4.78, 5) is 11.2. The summed E-state index contributed by atoms with van der Waals surface area (Å²) in [5, 5.41) is 5.08. The zero-order valence-corrected chi connectivity index (χ0v) is 14.6. The van der Waals surface area contributed by atoms with Gasteiger partial charge in [-0.2, -0.15) is 4.37 Å². The summed E-state index contributed by atoms with van der Waals surface area (Å²) in [6.07, 6.45) is 2.82. The van der Waals surface area contributed by atoms with Crippen molar-refractivity contribution in [2.75, 3.05) is 23.3 Å². The molecule has 0 saturated carbocycles. The Morgan fingerprint density at radius 3 is 2.91 bits per heavy atom. The Balaban J connectivity index is 1.64. The number of halogens is 1. The van der Waals surface area contributed by atoms with Crippen LogP contribution >= 0.6 is 23.1 Å². The maximum absolute atomic E-state index is 6.22. The van der Waals surface area contributed by atoms with Gasteiger partial charge in [-0.3, -0.25) is 0 Å². The van der Waals surface area contributed by atoms with Crippen LogP contribution in [0.15, 0.2) is 18.3 Å². The van der Waals surface area contributed by atoms with E-state index in [9.17, 15) is 0 Å². The molecule has 118 valence electrons. The predicted octanol–water partition coefficient (Wildman–Crippen LogP) is 3.57. The Bertz CT molecular complexity index is 651. The fourth-order valence-corrected chi connectivity index (χ4v) is 3.52. The molecule has 0 aromatic carbocycles. The molecule has 1 aliphatic heterocycles. The summed E-state index contributed by atoms with van der Waals surface area (Å²) >= 11 is 7.65. The van der Waals surface area contributed by atoms with Crippen molar-refractivity contribution >= 4 is 34.1 Å². The van der Waals surface area contributed by atoms with Gasteiger partial charge in [-0.15, -0.1) is 0 Å². The maximum Gasteiger partial charge on any atom is 0.202 e. The normalized spacial score (nSPS) is 18.7. The first kappa shape index (κ1) is 15.5. The monoisotopic (exact) mass is 337 g/mol. The molecule has 0 spiro atoms. The molecule has 2 aromatic rings. The topological polar surface area (TPSA) is 53.9 Å². The Morgan fingerprint density at radius 2 is 2.23 bits per heavy atom. The van der Waals surface area contributed by atoms with Gasteiger partial charge >= 0.3 is 0 Å². The summed E-state index contributed by atoms with van der Waals surface area (Å²) in [5.41, 5.74) is -0.0143. The summed E-state index contributed by atoms with van der Waals surface area (Å²) in [7, 11) is 0. The SMILES string of the molecule is CC(C)(C)c1nsc(NC2CCN(c3ncccc3Cl)C2)n1. The minimum atomic E-state index is -0.0143. The average molecular weight is 338 g/mol. The van der Waals surface area contributed by atoms with Crippen LogP contribution in [0.4, 0.5) is 10.9 Å². The molecule has 0 bridgehead atoms. The van der Waals surface area contributed by atoms with Gasteiger partial charge in [0, 0.05) is 42.3 Å². The van der Waals surface area contributed by atoms with E-state index in [0.29, 0.717) is 11.1 Å². The lowest BCUT2D eigenvalue weighted by Gasteiger charge is -2.18. The first-order valence-corrected chi connectivity index (χ1v) is 8.55. The molecular weight excluding hydrogens is 318 g/mol. The van der Waals surface area contributed by atoms with E-state index in [2.05, 4.69) is 45.3 Å². The zero-order valence-electron chi connectivity index (χ0n) is 13.0. The fraction of sp³-hybridized carbons (Fsp3) is 0.533. The van der Waals surface area contributed by atoms with Crippen molar-refractivity contribution in [3.8, 4) is 0 Å². The highest BCUT2D eigenvalue weighted by Gasteiger charge is 2.26. The van der Waals surface area contributed by atoms with E-state index in [1.54, 1.807) is 6.20 Å². The molecule has 3 heterocycles. The highest BCUT2D eigenvalue weighted by atomic mass is 35.5. The molecule has 1 fully saturated rings. The Kier molecular flexibility index (Phi) is 4.23. The van der Waals surface area contributed by atoms with Crippen molar-refractivity contribution in [1.29, 1.82) is 0 Å². The number of rotatable bonds is 3.